The van der Waals surface area contributed by atoms with Gasteiger partial charge in [-0.3, -0.25) is 0 Å². The van der Waals surface area contributed by atoms with E-state index in [1.165, 1.54) is 0 Å². The zero-order valence-corrected chi connectivity index (χ0v) is 16.4. The molecule has 0 saturated carbocycles. The number of rotatable bonds is 14. The fourth-order valence-electron chi connectivity index (χ4n) is 2.74. The van der Waals surface area contributed by atoms with E-state index in [0.29, 0.717) is 19.8 Å². The Morgan fingerprint density at radius 1 is 0.864 bits per heavy atom. The maximum Gasteiger partial charge on any atom is 0.518 e. The minimum atomic E-state index is -2.80. The minimum Gasteiger partial charge on any atom is -0.392 e. The van der Waals surface area contributed by atoms with Crippen LogP contribution >= 0.6 is 0 Å². The Labute approximate surface area is 138 Å². The van der Waals surface area contributed by atoms with E-state index in [-0.39, 0.29) is 17.8 Å². The van der Waals surface area contributed by atoms with Crippen LogP contribution in [0.1, 0.15) is 67.2 Å². The van der Waals surface area contributed by atoms with Crippen LogP contribution in [0.2, 0.25) is 0 Å². The highest BCUT2D eigenvalue weighted by molar-refractivity contribution is 6.62. The van der Waals surface area contributed by atoms with Gasteiger partial charge in [0.1, 0.15) is 0 Å². The van der Waals surface area contributed by atoms with Crippen molar-refractivity contribution in [2.75, 3.05) is 19.8 Å². The second-order valence-corrected chi connectivity index (χ2v) is 8.17. The van der Waals surface area contributed by atoms with Crippen LogP contribution in [-0.4, -0.2) is 51.5 Å². The first kappa shape index (κ1) is 22.0. The Hall–Kier alpha value is 0.0169. The molecule has 0 aliphatic rings. The zero-order valence-electron chi connectivity index (χ0n) is 15.4. The molecule has 0 aromatic carbocycles. The number of aliphatic hydroxyl groups excluding tert-OH is 1. The van der Waals surface area contributed by atoms with Gasteiger partial charge in [0.25, 0.3) is 0 Å². The Balaban J connectivity index is 5.23. The highest BCUT2D eigenvalue weighted by Crippen LogP contribution is 2.20. The van der Waals surface area contributed by atoms with Gasteiger partial charge in [-0.1, -0.05) is 27.2 Å². The Kier molecular flexibility index (Phi) is 12.5. The second-order valence-electron chi connectivity index (χ2n) is 5.40. The van der Waals surface area contributed by atoms with E-state index in [9.17, 15) is 5.11 Å². The topological polar surface area (TPSA) is 60.0 Å². The van der Waals surface area contributed by atoms with Crippen molar-refractivity contribution in [2.45, 2.75) is 85.0 Å². The number of hydrogen-bond acceptors (Lipinski definition) is 5. The smallest absolute Gasteiger partial charge is 0.392 e. The van der Waals surface area contributed by atoms with Gasteiger partial charge in [0.2, 0.25) is 0 Å². The van der Waals surface area contributed by atoms with Gasteiger partial charge in [-0.05, 0) is 40.0 Å². The maximum atomic E-state index is 10.3. The van der Waals surface area contributed by atoms with Crippen molar-refractivity contribution >= 4 is 8.80 Å². The molecular formula is C16H37NO4Si. The quantitative estimate of drug-likeness (QED) is 0.478. The number of hydrogen-bond donors (Lipinski definition) is 2. The van der Waals surface area contributed by atoms with E-state index in [1.807, 2.05) is 27.7 Å². The molecule has 0 aliphatic heterocycles. The summed E-state index contributed by atoms with van der Waals surface area (Å²) in [6.07, 6.45) is 3.19. The van der Waals surface area contributed by atoms with Crippen LogP contribution < -0.4 is 5.32 Å². The van der Waals surface area contributed by atoms with E-state index in [0.717, 1.165) is 25.7 Å². The van der Waals surface area contributed by atoms with Gasteiger partial charge >= 0.3 is 8.80 Å². The van der Waals surface area contributed by atoms with Gasteiger partial charge in [-0.15, -0.1) is 0 Å². The first-order valence-corrected chi connectivity index (χ1v) is 10.7. The van der Waals surface area contributed by atoms with Crippen molar-refractivity contribution in [1.29, 1.82) is 0 Å². The number of aliphatic hydroxyl groups is 1. The third kappa shape index (κ3) is 6.64. The van der Waals surface area contributed by atoms with Crippen LogP contribution in [0.15, 0.2) is 0 Å². The lowest BCUT2D eigenvalue weighted by atomic mass is 10.0. The molecular weight excluding hydrogens is 298 g/mol. The zero-order chi connectivity index (χ0) is 17.0. The van der Waals surface area contributed by atoms with Crippen LogP contribution in [0.4, 0.5) is 0 Å². The van der Waals surface area contributed by atoms with Crippen LogP contribution in [0.25, 0.3) is 0 Å². The Morgan fingerprint density at radius 2 is 1.36 bits per heavy atom. The molecule has 3 atom stereocenters. The summed E-state index contributed by atoms with van der Waals surface area (Å²) in [4.78, 5) is 0. The molecule has 0 spiro atoms. The monoisotopic (exact) mass is 335 g/mol. The predicted molar refractivity (Wildman–Crippen MR) is 92.8 cm³/mol. The third-order valence-corrected chi connectivity index (χ3v) is 7.27. The molecule has 0 aromatic heterocycles. The average molecular weight is 336 g/mol. The summed E-state index contributed by atoms with van der Waals surface area (Å²) in [6.45, 7) is 13.9. The van der Waals surface area contributed by atoms with Gasteiger partial charge < -0.3 is 23.7 Å². The lowest BCUT2D eigenvalue weighted by molar-refractivity contribution is 0.0483. The summed E-state index contributed by atoms with van der Waals surface area (Å²) in [5.74, 6) is 0. The van der Waals surface area contributed by atoms with Gasteiger partial charge in [0.15, 0.2) is 0 Å². The van der Waals surface area contributed by atoms with Crippen LogP contribution in [-0.2, 0) is 13.3 Å². The normalized spacial score (nSPS) is 16.5. The molecule has 3 unspecified atom stereocenters. The molecule has 0 amide bonds. The van der Waals surface area contributed by atoms with E-state index in [4.69, 9.17) is 13.3 Å². The lowest BCUT2D eigenvalue weighted by Crippen LogP contribution is -2.64. The summed E-state index contributed by atoms with van der Waals surface area (Å²) in [5.41, 5.74) is 0.00472. The van der Waals surface area contributed by atoms with Crippen LogP contribution in [0.3, 0.4) is 0 Å². The molecule has 22 heavy (non-hydrogen) atoms. The van der Waals surface area contributed by atoms with Gasteiger partial charge in [-0.25, -0.2) is 0 Å². The van der Waals surface area contributed by atoms with Crippen molar-refractivity contribution in [3.05, 3.63) is 0 Å². The van der Waals surface area contributed by atoms with E-state index in [1.54, 1.807) is 0 Å². The summed E-state index contributed by atoms with van der Waals surface area (Å²) in [7, 11) is -2.80. The Morgan fingerprint density at radius 3 is 1.68 bits per heavy atom. The van der Waals surface area contributed by atoms with Crippen LogP contribution in [0.5, 0.6) is 0 Å². The molecule has 2 N–H and O–H groups in total. The molecule has 0 aliphatic carbocycles. The molecule has 0 radical (unpaired) electrons. The molecule has 0 fully saturated rings. The molecule has 0 saturated heterocycles. The average Bonchev–Trinajstić information content (AvgIpc) is 2.51. The van der Waals surface area contributed by atoms with Crippen molar-refractivity contribution in [3.63, 3.8) is 0 Å². The lowest BCUT2D eigenvalue weighted by Gasteiger charge is -2.38. The molecule has 6 heteroatoms. The van der Waals surface area contributed by atoms with Crippen molar-refractivity contribution in [3.8, 4) is 0 Å². The highest BCUT2D eigenvalue weighted by atomic mass is 28.4. The Bertz CT molecular complexity index is 252. The van der Waals surface area contributed by atoms with E-state index in [2.05, 4.69) is 19.2 Å². The van der Waals surface area contributed by atoms with E-state index >= 15 is 0 Å². The first-order valence-electron chi connectivity index (χ1n) is 8.90. The SMILES string of the molecule is CCCC(NC(CC)[Si](OCC)(OCC)OCC)C(O)CC. The molecule has 0 bridgehead atoms. The molecule has 0 aromatic rings. The van der Waals surface area contributed by atoms with Crippen molar-refractivity contribution in [1.82, 2.24) is 5.32 Å². The molecule has 134 valence electrons. The summed E-state index contributed by atoms with van der Waals surface area (Å²) >= 11 is 0. The van der Waals surface area contributed by atoms with Crippen LogP contribution in [0, 0.1) is 0 Å². The fraction of sp³-hybridized carbons (Fsp3) is 1.00. The summed E-state index contributed by atoms with van der Waals surface area (Å²) in [6, 6.07) is 0.0493. The van der Waals surface area contributed by atoms with Crippen molar-refractivity contribution < 1.29 is 18.4 Å². The fourth-order valence-corrected chi connectivity index (χ4v) is 5.72. The number of nitrogens with one attached hydrogen (secondary N) is 1. The van der Waals surface area contributed by atoms with Crippen molar-refractivity contribution in [2.24, 2.45) is 0 Å². The van der Waals surface area contributed by atoms with Gasteiger partial charge in [0.05, 0.1) is 11.8 Å². The minimum absolute atomic E-state index is 0.00472. The standard InChI is InChI=1S/C16H37NO4Si/c1-7-13-14(15(18)8-2)17-16(9-3)22(19-10-4,20-11-5)21-12-6/h14-18H,7-13H2,1-6H3. The molecule has 0 heterocycles. The van der Waals surface area contributed by atoms with Gasteiger partial charge in [-0.2, -0.15) is 0 Å². The molecule has 0 rings (SSSR count). The highest BCUT2D eigenvalue weighted by Gasteiger charge is 2.49. The van der Waals surface area contributed by atoms with E-state index < -0.39 is 8.80 Å². The maximum absolute atomic E-state index is 10.3. The largest absolute Gasteiger partial charge is 0.518 e. The second kappa shape index (κ2) is 12.4. The first-order chi connectivity index (χ1) is 10.5. The molecule has 5 nitrogen and oxygen atoms in total. The predicted octanol–water partition coefficient (Wildman–Crippen LogP) is 2.88. The third-order valence-electron chi connectivity index (χ3n) is 3.77. The summed E-state index contributed by atoms with van der Waals surface area (Å²) < 4.78 is 18.0. The summed E-state index contributed by atoms with van der Waals surface area (Å²) in [5, 5.41) is 13.9. The van der Waals surface area contributed by atoms with Gasteiger partial charge in [0, 0.05) is 25.9 Å².